The first-order valence-electron chi connectivity index (χ1n) is 3.34. The molecule has 0 aliphatic rings. The summed E-state index contributed by atoms with van der Waals surface area (Å²) >= 11 is 3.21. The van der Waals surface area contributed by atoms with Crippen molar-refractivity contribution in [2.24, 2.45) is 0 Å². The number of hydrogen-bond acceptors (Lipinski definition) is 2. The van der Waals surface area contributed by atoms with Crippen molar-refractivity contribution in [1.82, 2.24) is 0 Å². The molecule has 0 unspecified atom stereocenters. The van der Waals surface area contributed by atoms with E-state index in [4.69, 9.17) is 4.55 Å². The number of rotatable bonds is 2. The van der Waals surface area contributed by atoms with E-state index in [0.29, 0.717) is 5.56 Å². The van der Waals surface area contributed by atoms with Crippen LogP contribution in [0.2, 0.25) is 0 Å². The van der Waals surface area contributed by atoms with Crippen LogP contribution < -0.4 is 0 Å². The van der Waals surface area contributed by atoms with Crippen LogP contribution in [0, 0.1) is 0 Å². The second-order valence-corrected chi connectivity index (χ2v) is 4.64. The van der Waals surface area contributed by atoms with E-state index in [1.54, 1.807) is 6.07 Å². The third kappa shape index (κ3) is 2.40. The minimum atomic E-state index is -4.12. The lowest BCUT2D eigenvalue weighted by Gasteiger charge is -2.00. The Balaban J connectivity index is 3.38. The van der Waals surface area contributed by atoms with Gasteiger partial charge in [0.2, 0.25) is 0 Å². The van der Waals surface area contributed by atoms with Crippen molar-refractivity contribution in [1.29, 1.82) is 0 Å². The van der Waals surface area contributed by atoms with Crippen molar-refractivity contribution in [2.45, 2.75) is 4.90 Å². The average molecular weight is 263 g/mol. The fourth-order valence-corrected chi connectivity index (χ4v) is 1.76. The van der Waals surface area contributed by atoms with Crippen LogP contribution in [0.4, 0.5) is 0 Å². The van der Waals surface area contributed by atoms with Gasteiger partial charge in [-0.3, -0.25) is 4.55 Å². The van der Waals surface area contributed by atoms with Crippen LogP contribution in [0.1, 0.15) is 5.56 Å². The van der Waals surface area contributed by atoms with Crippen molar-refractivity contribution >= 4 is 32.1 Å². The Morgan fingerprint density at radius 1 is 1.46 bits per heavy atom. The predicted octanol–water partition coefficient (Wildman–Crippen LogP) is 2.34. The second kappa shape index (κ2) is 3.61. The third-order valence-electron chi connectivity index (χ3n) is 1.49. The van der Waals surface area contributed by atoms with Gasteiger partial charge < -0.3 is 0 Å². The molecule has 13 heavy (non-hydrogen) atoms. The molecule has 0 amide bonds. The van der Waals surface area contributed by atoms with Gasteiger partial charge in [0.1, 0.15) is 0 Å². The Labute approximate surface area is 85.0 Å². The summed E-state index contributed by atoms with van der Waals surface area (Å²) in [6.07, 6.45) is 1.50. The molecule has 0 atom stereocenters. The quantitative estimate of drug-likeness (QED) is 0.833. The molecule has 0 radical (unpaired) electrons. The third-order valence-corrected chi connectivity index (χ3v) is 3.06. The summed E-state index contributed by atoms with van der Waals surface area (Å²) in [5.41, 5.74) is 0.620. The molecular weight excluding hydrogens is 256 g/mol. The Morgan fingerprint density at radius 3 is 2.54 bits per heavy atom. The van der Waals surface area contributed by atoms with Gasteiger partial charge in [-0.1, -0.05) is 28.6 Å². The lowest BCUT2D eigenvalue weighted by atomic mass is 10.2. The molecule has 0 aliphatic heterocycles. The van der Waals surface area contributed by atoms with Crippen molar-refractivity contribution < 1.29 is 13.0 Å². The average Bonchev–Trinajstić information content (AvgIpc) is 2.03. The predicted molar refractivity (Wildman–Crippen MR) is 54.0 cm³/mol. The molecule has 1 rings (SSSR count). The van der Waals surface area contributed by atoms with E-state index in [1.165, 1.54) is 18.2 Å². The molecule has 1 aromatic rings. The standard InChI is InChI=1S/C8H7BrO3S/c1-2-6-5-7(13(10,11)12)3-4-8(6)9/h2-5H,1H2,(H,10,11,12). The molecular formula is C8H7BrO3S. The zero-order valence-corrected chi connectivity index (χ0v) is 8.97. The van der Waals surface area contributed by atoms with Crippen LogP contribution in [0.15, 0.2) is 34.1 Å². The fourth-order valence-electron chi connectivity index (χ4n) is 0.839. The van der Waals surface area contributed by atoms with E-state index in [0.717, 1.165) is 4.47 Å². The van der Waals surface area contributed by atoms with Crippen LogP contribution in [0.25, 0.3) is 6.08 Å². The van der Waals surface area contributed by atoms with Gasteiger partial charge in [0, 0.05) is 4.47 Å². The lowest BCUT2D eigenvalue weighted by molar-refractivity contribution is 0.483. The highest BCUT2D eigenvalue weighted by Gasteiger charge is 2.10. The lowest BCUT2D eigenvalue weighted by Crippen LogP contribution is -1.98. The topological polar surface area (TPSA) is 54.4 Å². The van der Waals surface area contributed by atoms with E-state index >= 15 is 0 Å². The molecule has 1 aromatic carbocycles. The molecule has 0 aliphatic carbocycles. The van der Waals surface area contributed by atoms with Crippen molar-refractivity contribution in [3.05, 3.63) is 34.8 Å². The first-order chi connectivity index (χ1) is 5.95. The molecule has 3 nitrogen and oxygen atoms in total. The highest BCUT2D eigenvalue weighted by molar-refractivity contribution is 9.10. The SMILES string of the molecule is C=Cc1cc(S(=O)(=O)O)ccc1Br. The Morgan fingerprint density at radius 2 is 2.08 bits per heavy atom. The molecule has 0 heterocycles. The van der Waals surface area contributed by atoms with Crippen molar-refractivity contribution in [3.8, 4) is 0 Å². The Bertz CT molecular complexity index is 437. The highest BCUT2D eigenvalue weighted by atomic mass is 79.9. The summed E-state index contributed by atoms with van der Waals surface area (Å²) in [6, 6.07) is 4.19. The van der Waals surface area contributed by atoms with Crippen LogP contribution in [0.5, 0.6) is 0 Å². The molecule has 0 saturated heterocycles. The highest BCUT2D eigenvalue weighted by Crippen LogP contribution is 2.21. The first-order valence-corrected chi connectivity index (χ1v) is 5.58. The van der Waals surface area contributed by atoms with Crippen LogP contribution in [-0.4, -0.2) is 13.0 Å². The van der Waals surface area contributed by atoms with Gasteiger partial charge in [0.25, 0.3) is 10.1 Å². The first kappa shape index (κ1) is 10.4. The molecule has 1 N–H and O–H groups in total. The van der Waals surface area contributed by atoms with Crippen LogP contribution >= 0.6 is 15.9 Å². The van der Waals surface area contributed by atoms with Gasteiger partial charge >= 0.3 is 0 Å². The van der Waals surface area contributed by atoms with Gasteiger partial charge in [-0.15, -0.1) is 0 Å². The zero-order chi connectivity index (χ0) is 10.1. The minimum absolute atomic E-state index is 0.134. The van der Waals surface area contributed by atoms with Crippen molar-refractivity contribution in [3.63, 3.8) is 0 Å². The smallest absolute Gasteiger partial charge is 0.282 e. The summed E-state index contributed by atoms with van der Waals surface area (Å²) in [7, 11) is -4.12. The summed E-state index contributed by atoms with van der Waals surface area (Å²) < 4.78 is 30.9. The van der Waals surface area contributed by atoms with Crippen LogP contribution in [0.3, 0.4) is 0 Å². The summed E-state index contributed by atoms with van der Waals surface area (Å²) in [5, 5.41) is 0. The fraction of sp³-hybridized carbons (Fsp3) is 0. The van der Waals surface area contributed by atoms with E-state index in [1.807, 2.05) is 0 Å². The van der Waals surface area contributed by atoms with Crippen LogP contribution in [-0.2, 0) is 10.1 Å². The molecule has 0 bridgehead atoms. The van der Waals surface area contributed by atoms with E-state index in [-0.39, 0.29) is 4.90 Å². The maximum absolute atomic E-state index is 10.7. The maximum atomic E-state index is 10.7. The molecule has 0 spiro atoms. The number of halogens is 1. The molecule has 5 heteroatoms. The summed E-state index contributed by atoms with van der Waals surface area (Å²) in [5.74, 6) is 0. The van der Waals surface area contributed by atoms with E-state index in [9.17, 15) is 8.42 Å². The molecule has 0 saturated carbocycles. The molecule has 0 fully saturated rings. The maximum Gasteiger partial charge on any atom is 0.294 e. The van der Waals surface area contributed by atoms with Gasteiger partial charge in [0.05, 0.1) is 4.90 Å². The van der Waals surface area contributed by atoms with E-state index < -0.39 is 10.1 Å². The van der Waals surface area contributed by atoms with E-state index in [2.05, 4.69) is 22.5 Å². The van der Waals surface area contributed by atoms with Gasteiger partial charge in [-0.25, -0.2) is 0 Å². The normalized spacial score (nSPS) is 11.2. The minimum Gasteiger partial charge on any atom is -0.282 e. The zero-order valence-electron chi connectivity index (χ0n) is 6.57. The van der Waals surface area contributed by atoms with Gasteiger partial charge in [-0.2, -0.15) is 8.42 Å². The number of benzene rings is 1. The molecule has 0 aromatic heterocycles. The summed E-state index contributed by atoms with van der Waals surface area (Å²) in [6.45, 7) is 3.51. The Kier molecular flexibility index (Phi) is 2.90. The summed E-state index contributed by atoms with van der Waals surface area (Å²) in [4.78, 5) is -0.134. The van der Waals surface area contributed by atoms with Crippen molar-refractivity contribution in [2.75, 3.05) is 0 Å². The molecule has 70 valence electrons. The van der Waals surface area contributed by atoms with Gasteiger partial charge in [-0.05, 0) is 23.8 Å². The largest absolute Gasteiger partial charge is 0.294 e. The van der Waals surface area contributed by atoms with Gasteiger partial charge in [0.15, 0.2) is 0 Å². The Hall–Kier alpha value is -0.650. The monoisotopic (exact) mass is 262 g/mol. The second-order valence-electron chi connectivity index (χ2n) is 2.36. The number of hydrogen-bond donors (Lipinski definition) is 1.